The van der Waals surface area contributed by atoms with E-state index in [4.69, 9.17) is 32.0 Å². The molecule has 6 heteroatoms. The number of aryl methyl sites for hydroxylation is 6. The summed E-state index contributed by atoms with van der Waals surface area (Å²) in [6.07, 6.45) is 0. The number of furan rings is 2. The molecule has 3 heterocycles. The van der Waals surface area contributed by atoms with Gasteiger partial charge in [-0.3, -0.25) is 0 Å². The van der Waals surface area contributed by atoms with E-state index in [0.29, 0.717) is 0 Å². The van der Waals surface area contributed by atoms with Gasteiger partial charge in [-0.15, -0.1) is 57.9 Å². The van der Waals surface area contributed by atoms with E-state index in [9.17, 15) is 0 Å². The summed E-state index contributed by atoms with van der Waals surface area (Å²) >= 11 is 13.1. The first-order valence-electron chi connectivity index (χ1n) is 18.8. The van der Waals surface area contributed by atoms with E-state index >= 15 is 0 Å². The van der Waals surface area contributed by atoms with Crippen molar-refractivity contribution in [2.75, 3.05) is 0 Å². The molecule has 1 aliphatic rings. The van der Waals surface area contributed by atoms with Crippen LogP contribution in [0.5, 0.6) is 0 Å². The first kappa shape index (κ1) is 39.6. The number of hydrogen-bond acceptors (Lipinski definition) is 2. The van der Waals surface area contributed by atoms with Crippen molar-refractivity contribution >= 4 is 50.2 Å². The van der Waals surface area contributed by atoms with E-state index in [2.05, 4.69) is 151 Å². The topological polar surface area (TPSA) is 26.3 Å². The monoisotopic (exact) mass is 854 g/mol. The van der Waals surface area contributed by atoms with Gasteiger partial charge in [0.15, 0.2) is 0 Å². The Hall–Kier alpha value is -3.66. The Morgan fingerprint density at radius 3 is 1.22 bits per heavy atom. The molecule has 0 radical (unpaired) electrons. The van der Waals surface area contributed by atoms with E-state index in [1.807, 2.05) is 13.8 Å². The SMILES string of the molecule is Cc1cc(-c2cc3c(-c4ccccc4)c(C)c(C)cc3[cH-]2)oc1C.Cc1cc(-c2cc3c(-c4ccccc4)c(C)c(C)cc3[cH-]2)oc1C.ClC1(Cl)C[Si](=[Zr+2])C1. The van der Waals surface area contributed by atoms with E-state index < -0.39 is 0 Å². The van der Waals surface area contributed by atoms with Gasteiger partial charge in [-0.2, -0.15) is 0 Å². The molecule has 0 aliphatic carbocycles. The maximum absolute atomic E-state index is 5.94. The normalized spacial score (nSPS) is 13.3. The number of benzene rings is 4. The molecule has 0 saturated carbocycles. The first-order chi connectivity index (χ1) is 26.2. The summed E-state index contributed by atoms with van der Waals surface area (Å²) < 4.78 is 11.6. The Morgan fingerprint density at radius 1 is 0.545 bits per heavy atom. The quantitative estimate of drug-likeness (QED) is 0.100. The summed E-state index contributed by atoms with van der Waals surface area (Å²) in [7, 11) is 0. The third kappa shape index (κ3) is 8.40. The molecule has 0 unspecified atom stereocenters. The second-order valence-corrected chi connectivity index (χ2v) is 23.9. The maximum atomic E-state index is 5.94. The molecule has 0 atom stereocenters. The molecule has 1 aliphatic heterocycles. The standard InChI is InChI=1S/2C23H21O.C3H4Cl2Si.Zr/c2*1-14-10-19-12-20(22-11-15(2)17(4)24-22)13-21(19)23(16(14)3)18-8-6-5-7-9-18;4-3(5)1-6-2-3;/h2*5-13H,1-4H3;1-2H2;/q2*-1;;+2. The second kappa shape index (κ2) is 16.1. The van der Waals surface area contributed by atoms with Gasteiger partial charge >= 0.3 is 68.4 Å². The molecule has 276 valence electrons. The summed E-state index contributed by atoms with van der Waals surface area (Å²) in [5.41, 5.74) is 15.3. The molecule has 55 heavy (non-hydrogen) atoms. The van der Waals surface area contributed by atoms with Gasteiger partial charge in [-0.25, -0.2) is 0 Å². The summed E-state index contributed by atoms with van der Waals surface area (Å²) in [5, 5.41) is 5.15. The van der Waals surface area contributed by atoms with E-state index in [1.54, 1.807) is 23.3 Å². The van der Waals surface area contributed by atoms with Gasteiger partial charge in [0.2, 0.25) is 0 Å². The van der Waals surface area contributed by atoms with Crippen LogP contribution in [0.1, 0.15) is 44.9 Å². The van der Waals surface area contributed by atoms with Crippen molar-refractivity contribution in [2.45, 2.75) is 71.8 Å². The van der Waals surface area contributed by atoms with Gasteiger partial charge in [0.25, 0.3) is 0 Å². The number of alkyl halides is 2. The predicted octanol–water partition coefficient (Wildman–Crippen LogP) is 15.2. The van der Waals surface area contributed by atoms with Crippen LogP contribution in [0.25, 0.3) is 66.4 Å². The van der Waals surface area contributed by atoms with Crippen LogP contribution < -0.4 is 0 Å². The van der Waals surface area contributed by atoms with Crippen molar-refractivity contribution in [1.82, 2.24) is 0 Å². The minimum atomic E-state index is -0.294. The van der Waals surface area contributed by atoms with Crippen LogP contribution in [0.4, 0.5) is 0 Å². The minimum absolute atomic E-state index is 0.0262. The van der Waals surface area contributed by atoms with Crippen LogP contribution in [-0.4, -0.2) is 9.77 Å². The Kier molecular flexibility index (Phi) is 11.6. The fraction of sp³-hybridized carbons (Fsp3) is 0.224. The van der Waals surface area contributed by atoms with Crippen LogP contribution in [0.2, 0.25) is 12.1 Å². The molecule has 0 amide bonds. The fourth-order valence-corrected chi connectivity index (χ4v) is 18.3. The average Bonchev–Trinajstić information content (AvgIpc) is 3.92. The fourth-order valence-electron chi connectivity index (χ4n) is 7.45. The van der Waals surface area contributed by atoms with Gasteiger partial charge < -0.3 is 8.83 Å². The van der Waals surface area contributed by atoms with Gasteiger partial charge in [-0.1, -0.05) is 94.0 Å². The van der Waals surface area contributed by atoms with Crippen LogP contribution in [0, 0.1) is 55.4 Å². The van der Waals surface area contributed by atoms with Crippen molar-refractivity contribution in [1.29, 1.82) is 0 Å². The Balaban J connectivity index is 0.000000144. The molecule has 1 saturated heterocycles. The van der Waals surface area contributed by atoms with Crippen LogP contribution in [0.15, 0.2) is 118 Å². The van der Waals surface area contributed by atoms with Crippen molar-refractivity contribution in [3.8, 4) is 44.9 Å². The molecular formula is C49H46Cl2O2SiZr. The predicted molar refractivity (Wildman–Crippen MR) is 233 cm³/mol. The number of hydrogen-bond donors (Lipinski definition) is 0. The van der Waals surface area contributed by atoms with Crippen LogP contribution >= 0.6 is 23.2 Å². The molecule has 0 N–H and O–H groups in total. The van der Waals surface area contributed by atoms with E-state index in [-0.39, 0.29) is 9.77 Å². The number of halogens is 2. The zero-order valence-electron chi connectivity index (χ0n) is 32.9. The summed E-state index contributed by atoms with van der Waals surface area (Å²) in [4.78, 5) is 0. The van der Waals surface area contributed by atoms with E-state index in [1.165, 1.54) is 77.2 Å². The van der Waals surface area contributed by atoms with Gasteiger partial charge in [0, 0.05) is 0 Å². The second-order valence-electron chi connectivity index (χ2n) is 15.1. The summed E-state index contributed by atoms with van der Waals surface area (Å²) in [6, 6.07) is 41.4. The average molecular weight is 857 g/mol. The Morgan fingerprint density at radius 2 is 0.927 bits per heavy atom. The zero-order valence-corrected chi connectivity index (χ0v) is 37.8. The number of fused-ring (bicyclic) bond motifs is 2. The molecule has 0 bridgehead atoms. The molecule has 2 nitrogen and oxygen atoms in total. The van der Waals surface area contributed by atoms with Crippen molar-refractivity contribution in [2.24, 2.45) is 0 Å². The molecular weight excluding hydrogens is 811 g/mol. The molecule has 1 fully saturated rings. The van der Waals surface area contributed by atoms with Gasteiger partial charge in [-0.05, 0) is 101 Å². The molecule has 9 rings (SSSR count). The van der Waals surface area contributed by atoms with Gasteiger partial charge in [0.1, 0.15) is 0 Å². The molecule has 8 aromatic rings. The Labute approximate surface area is 350 Å². The van der Waals surface area contributed by atoms with Crippen LogP contribution in [-0.2, 0) is 23.3 Å². The molecule has 0 spiro atoms. The molecule has 6 aromatic carbocycles. The first-order valence-corrected chi connectivity index (χ1v) is 25.2. The third-order valence-corrected chi connectivity index (χ3v) is 17.1. The third-order valence-electron chi connectivity index (χ3n) is 11.0. The van der Waals surface area contributed by atoms with E-state index in [0.717, 1.165) is 46.3 Å². The number of rotatable bonds is 4. The summed E-state index contributed by atoms with van der Waals surface area (Å²) in [5.74, 6) is 3.89. The van der Waals surface area contributed by atoms with Gasteiger partial charge in [0.05, 0.1) is 23.0 Å². The zero-order chi connectivity index (χ0) is 39.2. The van der Waals surface area contributed by atoms with Crippen molar-refractivity contribution in [3.63, 3.8) is 0 Å². The van der Waals surface area contributed by atoms with Crippen molar-refractivity contribution in [3.05, 3.63) is 154 Å². The Bertz CT molecular complexity index is 2450. The molecule has 2 aromatic heterocycles. The van der Waals surface area contributed by atoms with Crippen LogP contribution in [0.3, 0.4) is 0 Å². The summed E-state index contributed by atoms with van der Waals surface area (Å²) in [6.45, 7) is 17.0. The van der Waals surface area contributed by atoms with Crippen molar-refractivity contribution < 1.29 is 32.2 Å².